The maximum Gasteiger partial charge on any atom is 0.155 e. The van der Waals surface area contributed by atoms with Gasteiger partial charge in [-0.25, -0.2) is 0 Å². The Bertz CT molecular complexity index is 729. The molecule has 23 heavy (non-hydrogen) atoms. The molecule has 0 amide bonds. The summed E-state index contributed by atoms with van der Waals surface area (Å²) in [5, 5.41) is 4.01. The Labute approximate surface area is 136 Å². The Morgan fingerprint density at radius 1 is 1.30 bits per heavy atom. The number of carbonyl (C=O) groups excluding carboxylic acids is 2. The van der Waals surface area contributed by atoms with Gasteiger partial charge in [0.15, 0.2) is 5.78 Å². The van der Waals surface area contributed by atoms with E-state index in [1.54, 1.807) is 12.3 Å². The number of carbonyl (C=O) groups is 2. The molecule has 1 fully saturated rings. The second kappa shape index (κ2) is 4.43. The van der Waals surface area contributed by atoms with Crippen LogP contribution >= 0.6 is 0 Å². The highest BCUT2D eigenvalue weighted by Gasteiger charge is 2.60. The van der Waals surface area contributed by atoms with Crippen molar-refractivity contribution in [1.29, 1.82) is 0 Å². The number of ketones is 1. The molecule has 1 saturated carbocycles. The molecule has 0 N–H and O–H groups in total. The van der Waals surface area contributed by atoms with Crippen LogP contribution in [-0.2, 0) is 21.4 Å². The summed E-state index contributed by atoms with van der Waals surface area (Å²) in [6, 6.07) is 0. The molecule has 0 saturated heterocycles. The zero-order valence-electron chi connectivity index (χ0n) is 14.0. The molecule has 3 atom stereocenters. The highest BCUT2D eigenvalue weighted by Crippen LogP contribution is 2.64. The van der Waals surface area contributed by atoms with Crippen molar-refractivity contribution >= 4 is 12.1 Å². The van der Waals surface area contributed by atoms with Crippen molar-refractivity contribution < 1.29 is 14.1 Å². The van der Waals surface area contributed by atoms with E-state index in [1.807, 2.05) is 0 Å². The molecular formula is C19H23NO3. The lowest BCUT2D eigenvalue weighted by Crippen LogP contribution is -2.55. The minimum absolute atomic E-state index is 0.144. The SMILES string of the molecule is CC12Cc3cnoc3C(C)(C)[C@@H]1CC[C@@]1(C=O)CCC(=O)C=C21. The van der Waals surface area contributed by atoms with Crippen LogP contribution in [0, 0.1) is 16.7 Å². The lowest BCUT2D eigenvalue weighted by Gasteiger charge is -2.58. The highest BCUT2D eigenvalue weighted by molar-refractivity contribution is 5.94. The highest BCUT2D eigenvalue weighted by atomic mass is 16.5. The third kappa shape index (κ3) is 1.75. The molecular weight excluding hydrogens is 290 g/mol. The first-order chi connectivity index (χ1) is 10.8. The fourth-order valence-electron chi connectivity index (χ4n) is 5.79. The van der Waals surface area contributed by atoms with E-state index in [0.29, 0.717) is 18.8 Å². The molecule has 0 spiro atoms. The van der Waals surface area contributed by atoms with Crippen LogP contribution in [-0.4, -0.2) is 17.2 Å². The molecule has 4 nitrogen and oxygen atoms in total. The lowest BCUT2D eigenvalue weighted by atomic mass is 9.44. The summed E-state index contributed by atoms with van der Waals surface area (Å²) >= 11 is 0. The van der Waals surface area contributed by atoms with Crippen LogP contribution in [0.1, 0.15) is 57.8 Å². The summed E-state index contributed by atoms with van der Waals surface area (Å²) in [6.07, 6.45) is 8.49. The van der Waals surface area contributed by atoms with Crippen LogP contribution in [0.25, 0.3) is 0 Å². The Kier molecular flexibility index (Phi) is 2.86. The standard InChI is InChI=1S/C19H23NO3/c1-17(2)14-5-7-19(11-21)6-4-13(22)8-15(19)18(14,3)9-12-10-20-23-16(12)17/h8,10-11,14H,4-7,9H2,1-3H3/t14-,18?,19+/m0/s1. The molecule has 0 radical (unpaired) electrons. The first-order valence-electron chi connectivity index (χ1n) is 8.49. The quantitative estimate of drug-likeness (QED) is 0.746. The van der Waals surface area contributed by atoms with Gasteiger partial charge in [0.2, 0.25) is 0 Å². The topological polar surface area (TPSA) is 60.2 Å². The van der Waals surface area contributed by atoms with Crippen molar-refractivity contribution in [3.8, 4) is 0 Å². The van der Waals surface area contributed by atoms with Gasteiger partial charge in [0.25, 0.3) is 0 Å². The molecule has 1 heterocycles. The summed E-state index contributed by atoms with van der Waals surface area (Å²) in [5.74, 6) is 1.48. The largest absolute Gasteiger partial charge is 0.361 e. The zero-order chi connectivity index (χ0) is 16.5. The fourth-order valence-corrected chi connectivity index (χ4v) is 5.79. The Balaban J connectivity index is 1.93. The molecule has 4 heteroatoms. The predicted molar refractivity (Wildman–Crippen MR) is 84.9 cm³/mol. The summed E-state index contributed by atoms with van der Waals surface area (Å²) in [6.45, 7) is 6.65. The van der Waals surface area contributed by atoms with Gasteiger partial charge >= 0.3 is 0 Å². The number of hydrogen-bond donors (Lipinski definition) is 0. The number of allylic oxidation sites excluding steroid dienone is 2. The Hall–Kier alpha value is -1.71. The molecule has 122 valence electrons. The van der Waals surface area contributed by atoms with Crippen molar-refractivity contribution in [2.75, 3.05) is 0 Å². The van der Waals surface area contributed by atoms with Crippen LogP contribution in [0.3, 0.4) is 0 Å². The summed E-state index contributed by atoms with van der Waals surface area (Å²) in [5.41, 5.74) is 1.41. The molecule has 1 aromatic heterocycles. The minimum atomic E-state index is -0.441. The van der Waals surface area contributed by atoms with E-state index in [2.05, 4.69) is 25.9 Å². The normalized spacial score (nSPS) is 38.1. The molecule has 1 aromatic rings. The number of aromatic nitrogens is 1. The van der Waals surface area contributed by atoms with Gasteiger partial charge in [0.1, 0.15) is 12.0 Å². The van der Waals surface area contributed by atoms with Crippen LogP contribution in [0.2, 0.25) is 0 Å². The van der Waals surface area contributed by atoms with Crippen LogP contribution in [0.5, 0.6) is 0 Å². The van der Waals surface area contributed by atoms with Crippen molar-refractivity contribution in [3.63, 3.8) is 0 Å². The van der Waals surface area contributed by atoms with E-state index in [0.717, 1.165) is 42.4 Å². The minimum Gasteiger partial charge on any atom is -0.361 e. The van der Waals surface area contributed by atoms with Crippen LogP contribution in [0.4, 0.5) is 0 Å². The maximum atomic E-state index is 12.1. The second-order valence-corrected chi connectivity index (χ2v) is 8.39. The maximum absolute atomic E-state index is 12.1. The van der Waals surface area contributed by atoms with E-state index < -0.39 is 5.41 Å². The van der Waals surface area contributed by atoms with E-state index in [1.165, 1.54) is 0 Å². The molecule has 4 rings (SSSR count). The molecule has 0 aliphatic heterocycles. The fraction of sp³-hybridized carbons (Fsp3) is 0.632. The van der Waals surface area contributed by atoms with Gasteiger partial charge in [-0.3, -0.25) is 4.79 Å². The van der Waals surface area contributed by atoms with Gasteiger partial charge in [-0.05, 0) is 48.7 Å². The van der Waals surface area contributed by atoms with Crippen LogP contribution < -0.4 is 0 Å². The first kappa shape index (κ1) is 14.9. The van der Waals surface area contributed by atoms with Gasteiger partial charge < -0.3 is 9.32 Å². The Morgan fingerprint density at radius 3 is 2.83 bits per heavy atom. The average Bonchev–Trinajstić information content (AvgIpc) is 2.96. The third-order valence-electron chi connectivity index (χ3n) is 6.81. The zero-order valence-corrected chi connectivity index (χ0v) is 14.0. The summed E-state index contributed by atoms with van der Waals surface area (Å²) in [7, 11) is 0. The second-order valence-electron chi connectivity index (χ2n) is 8.39. The predicted octanol–water partition coefficient (Wildman–Crippen LogP) is 3.40. The average molecular weight is 313 g/mol. The summed E-state index contributed by atoms with van der Waals surface area (Å²) < 4.78 is 5.57. The number of nitrogens with zero attached hydrogens (tertiary/aromatic N) is 1. The number of rotatable bonds is 1. The number of aldehydes is 1. The van der Waals surface area contributed by atoms with Gasteiger partial charge in [-0.2, -0.15) is 0 Å². The molecule has 0 bridgehead atoms. The number of fused-ring (bicyclic) bond motifs is 4. The molecule has 3 aliphatic carbocycles. The summed E-state index contributed by atoms with van der Waals surface area (Å²) in [4.78, 5) is 24.1. The lowest BCUT2D eigenvalue weighted by molar-refractivity contribution is -0.122. The smallest absolute Gasteiger partial charge is 0.155 e. The van der Waals surface area contributed by atoms with Crippen LogP contribution in [0.15, 0.2) is 22.4 Å². The van der Waals surface area contributed by atoms with Gasteiger partial charge in [0, 0.05) is 22.8 Å². The van der Waals surface area contributed by atoms with Crippen molar-refractivity contribution in [2.45, 2.75) is 58.3 Å². The first-order valence-corrected chi connectivity index (χ1v) is 8.49. The third-order valence-corrected chi connectivity index (χ3v) is 6.81. The van der Waals surface area contributed by atoms with E-state index >= 15 is 0 Å². The molecule has 0 aromatic carbocycles. The van der Waals surface area contributed by atoms with Crippen molar-refractivity contribution in [3.05, 3.63) is 29.2 Å². The van der Waals surface area contributed by atoms with E-state index in [9.17, 15) is 9.59 Å². The Morgan fingerprint density at radius 2 is 2.09 bits per heavy atom. The monoisotopic (exact) mass is 313 g/mol. The molecule has 3 aliphatic rings. The van der Waals surface area contributed by atoms with Crippen molar-refractivity contribution in [2.24, 2.45) is 16.7 Å². The van der Waals surface area contributed by atoms with E-state index in [-0.39, 0.29) is 16.6 Å². The molecule has 1 unspecified atom stereocenters. The van der Waals surface area contributed by atoms with Gasteiger partial charge in [0.05, 0.1) is 6.20 Å². The number of hydrogen-bond acceptors (Lipinski definition) is 4. The van der Waals surface area contributed by atoms with Gasteiger partial charge in [-0.15, -0.1) is 0 Å². The van der Waals surface area contributed by atoms with E-state index in [4.69, 9.17) is 4.52 Å². The van der Waals surface area contributed by atoms with Crippen molar-refractivity contribution in [1.82, 2.24) is 5.16 Å². The van der Waals surface area contributed by atoms with Gasteiger partial charge in [-0.1, -0.05) is 25.9 Å².